The number of likely N-dealkylation sites (tertiary alicyclic amines) is 1. The van der Waals surface area contributed by atoms with E-state index in [1.54, 1.807) is 0 Å². The summed E-state index contributed by atoms with van der Waals surface area (Å²) in [4.78, 5) is 18.4. The molecule has 2 rings (SSSR count). The number of rotatable bonds is 4. The first-order valence-corrected chi connectivity index (χ1v) is 7.29. The third-order valence-corrected chi connectivity index (χ3v) is 3.80. The van der Waals surface area contributed by atoms with Gasteiger partial charge in [0.15, 0.2) is 0 Å². The normalized spacial score (nSPS) is 17.2. The molecular weight excluding hydrogens is 240 g/mol. The summed E-state index contributed by atoms with van der Waals surface area (Å²) in [6.07, 6.45) is 3.97. The molecule has 1 amide bonds. The molecule has 0 unspecified atom stereocenters. The minimum Gasteiger partial charge on any atom is -0.342 e. The van der Waals surface area contributed by atoms with E-state index in [1.165, 1.54) is 0 Å². The van der Waals surface area contributed by atoms with Crippen molar-refractivity contribution in [1.29, 1.82) is 0 Å². The highest BCUT2D eigenvalue weighted by molar-refractivity contribution is 5.78. The topological polar surface area (TPSA) is 61.9 Å². The number of H-pyrrole nitrogens is 1. The largest absolute Gasteiger partial charge is 0.342 e. The summed E-state index contributed by atoms with van der Waals surface area (Å²) in [6, 6.07) is 0. The number of hydrogen-bond donors (Lipinski definition) is 1. The van der Waals surface area contributed by atoms with Crippen molar-refractivity contribution in [2.45, 2.75) is 46.5 Å². The fourth-order valence-electron chi connectivity index (χ4n) is 2.58. The molecule has 0 aromatic carbocycles. The van der Waals surface area contributed by atoms with Gasteiger partial charge in [-0.05, 0) is 18.8 Å². The molecule has 5 heteroatoms. The molecule has 2 heterocycles. The second-order valence-corrected chi connectivity index (χ2v) is 5.68. The highest BCUT2D eigenvalue weighted by Crippen LogP contribution is 2.21. The molecule has 0 bridgehead atoms. The minimum absolute atomic E-state index is 0.109. The molecule has 1 N–H and O–H groups in total. The lowest BCUT2D eigenvalue weighted by Crippen LogP contribution is -2.41. The molecule has 0 spiro atoms. The summed E-state index contributed by atoms with van der Waals surface area (Å²) in [5.74, 6) is 2.89. The first-order chi connectivity index (χ1) is 9.10. The fourth-order valence-corrected chi connectivity index (χ4v) is 2.58. The number of hydrogen-bond acceptors (Lipinski definition) is 3. The summed E-state index contributed by atoms with van der Waals surface area (Å²) in [7, 11) is 0. The lowest BCUT2D eigenvalue weighted by atomic mass is 9.92. The zero-order valence-electron chi connectivity index (χ0n) is 12.1. The SMILES string of the molecule is CCc1n[nH]c(CC2CCN(C(=O)C(C)C)CC2)n1. The van der Waals surface area contributed by atoms with E-state index in [0.29, 0.717) is 5.92 Å². The van der Waals surface area contributed by atoms with E-state index in [0.717, 1.165) is 50.4 Å². The van der Waals surface area contributed by atoms with Gasteiger partial charge in [0.2, 0.25) is 5.91 Å². The van der Waals surface area contributed by atoms with Gasteiger partial charge in [0.1, 0.15) is 11.6 Å². The number of nitrogens with zero attached hydrogens (tertiary/aromatic N) is 3. The average Bonchev–Trinajstić information content (AvgIpc) is 2.86. The number of aryl methyl sites for hydroxylation is 1. The van der Waals surface area contributed by atoms with Gasteiger partial charge in [0.05, 0.1) is 0 Å². The first-order valence-electron chi connectivity index (χ1n) is 7.29. The summed E-state index contributed by atoms with van der Waals surface area (Å²) < 4.78 is 0. The van der Waals surface area contributed by atoms with Crippen LogP contribution in [0.5, 0.6) is 0 Å². The van der Waals surface area contributed by atoms with Gasteiger partial charge >= 0.3 is 0 Å². The predicted molar refractivity (Wildman–Crippen MR) is 73.6 cm³/mol. The maximum absolute atomic E-state index is 11.9. The second kappa shape index (κ2) is 6.17. The molecule has 106 valence electrons. The van der Waals surface area contributed by atoms with Crippen LogP contribution in [0.25, 0.3) is 0 Å². The van der Waals surface area contributed by atoms with E-state index in [9.17, 15) is 4.79 Å². The van der Waals surface area contributed by atoms with Gasteiger partial charge in [-0.2, -0.15) is 5.10 Å². The molecule has 19 heavy (non-hydrogen) atoms. The summed E-state index contributed by atoms with van der Waals surface area (Å²) in [6.45, 7) is 7.76. The van der Waals surface area contributed by atoms with Gasteiger partial charge in [0.25, 0.3) is 0 Å². The lowest BCUT2D eigenvalue weighted by Gasteiger charge is -2.32. The van der Waals surface area contributed by atoms with Crippen LogP contribution >= 0.6 is 0 Å². The van der Waals surface area contributed by atoms with Crippen LogP contribution in [-0.2, 0) is 17.6 Å². The van der Waals surface area contributed by atoms with Gasteiger partial charge in [-0.3, -0.25) is 9.89 Å². The zero-order chi connectivity index (χ0) is 13.8. The highest BCUT2D eigenvalue weighted by Gasteiger charge is 2.24. The van der Waals surface area contributed by atoms with Crippen molar-refractivity contribution < 1.29 is 4.79 Å². The number of aromatic nitrogens is 3. The van der Waals surface area contributed by atoms with Gasteiger partial charge in [-0.25, -0.2) is 4.98 Å². The standard InChI is InChI=1S/C14H24N4O/c1-4-12-15-13(17-16-12)9-11-5-7-18(8-6-11)14(19)10(2)3/h10-11H,4-9H2,1-3H3,(H,15,16,17). The second-order valence-electron chi connectivity index (χ2n) is 5.68. The van der Waals surface area contributed by atoms with Crippen LogP contribution in [0.15, 0.2) is 0 Å². The fraction of sp³-hybridized carbons (Fsp3) is 0.786. The van der Waals surface area contributed by atoms with Crippen LogP contribution in [-0.4, -0.2) is 39.1 Å². The van der Waals surface area contributed by atoms with Crippen molar-refractivity contribution in [2.75, 3.05) is 13.1 Å². The average molecular weight is 264 g/mol. The van der Waals surface area contributed by atoms with Crippen LogP contribution in [0, 0.1) is 11.8 Å². The van der Waals surface area contributed by atoms with E-state index < -0.39 is 0 Å². The number of piperidine rings is 1. The number of amides is 1. The number of carbonyl (C=O) groups is 1. The lowest BCUT2D eigenvalue weighted by molar-refractivity contribution is -0.135. The molecule has 1 aliphatic heterocycles. The molecular formula is C14H24N4O. The maximum atomic E-state index is 11.9. The van der Waals surface area contributed by atoms with Crippen LogP contribution < -0.4 is 0 Å². The van der Waals surface area contributed by atoms with Crippen molar-refractivity contribution in [1.82, 2.24) is 20.1 Å². The molecule has 1 aromatic heterocycles. The molecule has 1 fully saturated rings. The van der Waals surface area contributed by atoms with E-state index in [4.69, 9.17) is 0 Å². The molecule has 0 aliphatic carbocycles. The van der Waals surface area contributed by atoms with E-state index >= 15 is 0 Å². The van der Waals surface area contributed by atoms with E-state index in [-0.39, 0.29) is 11.8 Å². The summed E-state index contributed by atoms with van der Waals surface area (Å²) >= 11 is 0. The van der Waals surface area contributed by atoms with E-state index in [1.807, 2.05) is 18.7 Å². The Morgan fingerprint density at radius 3 is 2.63 bits per heavy atom. The van der Waals surface area contributed by atoms with Gasteiger partial charge < -0.3 is 4.90 Å². The van der Waals surface area contributed by atoms with Crippen LogP contribution in [0.2, 0.25) is 0 Å². The Balaban J connectivity index is 1.81. The van der Waals surface area contributed by atoms with Crippen LogP contribution in [0.1, 0.15) is 45.3 Å². The van der Waals surface area contributed by atoms with Crippen molar-refractivity contribution in [2.24, 2.45) is 11.8 Å². The Morgan fingerprint density at radius 1 is 1.42 bits per heavy atom. The van der Waals surface area contributed by atoms with Crippen molar-refractivity contribution in [3.05, 3.63) is 11.6 Å². The monoisotopic (exact) mass is 264 g/mol. The van der Waals surface area contributed by atoms with Gasteiger partial charge in [-0.15, -0.1) is 0 Å². The van der Waals surface area contributed by atoms with Crippen LogP contribution in [0.3, 0.4) is 0 Å². The smallest absolute Gasteiger partial charge is 0.225 e. The molecule has 0 radical (unpaired) electrons. The summed E-state index contributed by atoms with van der Waals surface area (Å²) in [5, 5.41) is 7.18. The van der Waals surface area contributed by atoms with Crippen LogP contribution in [0.4, 0.5) is 0 Å². The summed E-state index contributed by atoms with van der Waals surface area (Å²) in [5.41, 5.74) is 0. The number of nitrogens with one attached hydrogen (secondary N) is 1. The zero-order valence-corrected chi connectivity index (χ0v) is 12.1. The third kappa shape index (κ3) is 3.55. The molecule has 1 aliphatic rings. The van der Waals surface area contributed by atoms with Gasteiger partial charge in [-0.1, -0.05) is 20.8 Å². The quantitative estimate of drug-likeness (QED) is 0.902. The predicted octanol–water partition coefficient (Wildman–Crippen LogP) is 1.80. The molecule has 0 atom stereocenters. The first kappa shape index (κ1) is 14.0. The highest BCUT2D eigenvalue weighted by atomic mass is 16.2. The Kier molecular flexibility index (Phi) is 4.56. The Hall–Kier alpha value is -1.39. The minimum atomic E-state index is 0.109. The molecule has 1 saturated heterocycles. The third-order valence-electron chi connectivity index (χ3n) is 3.80. The van der Waals surface area contributed by atoms with E-state index in [2.05, 4.69) is 22.1 Å². The molecule has 5 nitrogen and oxygen atoms in total. The van der Waals surface area contributed by atoms with Crippen molar-refractivity contribution >= 4 is 5.91 Å². The number of carbonyl (C=O) groups excluding carboxylic acids is 1. The Morgan fingerprint density at radius 2 is 2.11 bits per heavy atom. The van der Waals surface area contributed by atoms with Gasteiger partial charge in [0, 0.05) is 31.8 Å². The molecule has 0 saturated carbocycles. The number of aromatic amines is 1. The molecule has 1 aromatic rings. The maximum Gasteiger partial charge on any atom is 0.225 e. The van der Waals surface area contributed by atoms with Crippen molar-refractivity contribution in [3.63, 3.8) is 0 Å². The van der Waals surface area contributed by atoms with Crippen molar-refractivity contribution in [3.8, 4) is 0 Å². The Labute approximate surface area is 114 Å². The Bertz CT molecular complexity index is 419.